The minimum Gasteiger partial charge on any atom is -0.493 e. The van der Waals surface area contributed by atoms with Gasteiger partial charge in [0.05, 0.1) is 14.2 Å². The third kappa shape index (κ3) is 4.52. The molecule has 21 heavy (non-hydrogen) atoms. The zero-order chi connectivity index (χ0) is 15.2. The Morgan fingerprint density at radius 3 is 2.48 bits per heavy atom. The third-order valence-electron chi connectivity index (χ3n) is 3.48. The maximum Gasteiger partial charge on any atom is 0.191 e. The minimum absolute atomic E-state index is 0.658. The van der Waals surface area contributed by atoms with Crippen LogP contribution in [0.15, 0.2) is 21.6 Å². The Morgan fingerprint density at radius 1 is 1.24 bits per heavy atom. The Morgan fingerprint density at radius 2 is 1.90 bits per heavy atom. The number of ether oxygens (including phenoxy) is 2. The highest BCUT2D eigenvalue weighted by atomic mass is 79.9. The molecule has 0 aliphatic heterocycles. The summed E-state index contributed by atoms with van der Waals surface area (Å²) in [6.45, 7) is 1.65. The molecule has 2 N–H and O–H groups in total. The Balaban J connectivity index is 1.97. The van der Waals surface area contributed by atoms with Gasteiger partial charge in [-0.15, -0.1) is 0 Å². The van der Waals surface area contributed by atoms with Crippen LogP contribution in [0.3, 0.4) is 0 Å². The fraction of sp³-hybridized carbons (Fsp3) is 0.533. The maximum atomic E-state index is 5.33. The summed E-state index contributed by atoms with van der Waals surface area (Å²) in [7, 11) is 5.05. The van der Waals surface area contributed by atoms with Crippen molar-refractivity contribution in [1.29, 1.82) is 0 Å². The molecule has 116 valence electrons. The molecule has 1 fully saturated rings. The lowest BCUT2D eigenvalue weighted by Gasteiger charge is -2.14. The van der Waals surface area contributed by atoms with E-state index in [1.807, 2.05) is 12.1 Å². The van der Waals surface area contributed by atoms with Gasteiger partial charge in [-0.1, -0.05) is 15.9 Å². The molecule has 0 bridgehead atoms. The molecule has 1 aromatic carbocycles. The molecule has 0 radical (unpaired) electrons. The van der Waals surface area contributed by atoms with Crippen molar-refractivity contribution in [1.82, 2.24) is 10.6 Å². The number of hydrogen-bond donors (Lipinski definition) is 2. The standard InChI is InChI=1S/C15H22BrN3O2/c1-17-15(18-8-10-4-5-10)19-9-11-6-13(20-2)14(21-3)7-12(11)16/h6-7,10H,4-5,8-9H2,1-3H3,(H2,17,18,19). The number of methoxy groups -OCH3 is 2. The Hall–Kier alpha value is -1.43. The summed E-state index contributed by atoms with van der Waals surface area (Å²) in [4.78, 5) is 4.23. The van der Waals surface area contributed by atoms with Crippen molar-refractivity contribution in [2.45, 2.75) is 19.4 Å². The number of nitrogens with one attached hydrogen (secondary N) is 2. The lowest BCUT2D eigenvalue weighted by atomic mass is 10.2. The number of hydrogen-bond acceptors (Lipinski definition) is 3. The van der Waals surface area contributed by atoms with Crippen LogP contribution in [0.4, 0.5) is 0 Å². The molecule has 0 amide bonds. The SMILES string of the molecule is CN=C(NCc1cc(OC)c(OC)cc1Br)NCC1CC1. The van der Waals surface area contributed by atoms with Crippen molar-refractivity contribution in [2.24, 2.45) is 10.9 Å². The van der Waals surface area contributed by atoms with E-state index in [1.54, 1.807) is 21.3 Å². The van der Waals surface area contributed by atoms with E-state index in [-0.39, 0.29) is 0 Å². The monoisotopic (exact) mass is 355 g/mol. The first-order chi connectivity index (χ1) is 10.2. The Labute approximate surface area is 134 Å². The van der Waals surface area contributed by atoms with Gasteiger partial charge in [0.25, 0.3) is 0 Å². The van der Waals surface area contributed by atoms with Gasteiger partial charge >= 0.3 is 0 Å². The molecule has 0 spiro atoms. The van der Waals surface area contributed by atoms with Crippen molar-refractivity contribution in [3.8, 4) is 11.5 Å². The van der Waals surface area contributed by atoms with E-state index in [4.69, 9.17) is 9.47 Å². The van der Waals surface area contributed by atoms with Gasteiger partial charge in [0.2, 0.25) is 0 Å². The average Bonchev–Trinajstić information content (AvgIpc) is 3.32. The molecule has 2 rings (SSSR count). The van der Waals surface area contributed by atoms with Crippen LogP contribution in [0, 0.1) is 5.92 Å². The molecular weight excluding hydrogens is 334 g/mol. The van der Waals surface area contributed by atoms with Gasteiger partial charge < -0.3 is 20.1 Å². The van der Waals surface area contributed by atoms with Crippen LogP contribution in [0.5, 0.6) is 11.5 Å². The molecule has 5 nitrogen and oxygen atoms in total. The second kappa shape index (κ2) is 7.54. The van der Waals surface area contributed by atoms with Gasteiger partial charge in [0, 0.05) is 24.6 Å². The predicted molar refractivity (Wildman–Crippen MR) is 88.2 cm³/mol. The van der Waals surface area contributed by atoms with E-state index in [9.17, 15) is 0 Å². The maximum absolute atomic E-state index is 5.33. The molecule has 1 aromatic rings. The van der Waals surface area contributed by atoms with Crippen LogP contribution in [-0.2, 0) is 6.54 Å². The summed E-state index contributed by atoms with van der Waals surface area (Å²) in [5, 5.41) is 6.65. The number of guanidine groups is 1. The number of nitrogens with zero attached hydrogens (tertiary/aromatic N) is 1. The zero-order valence-corrected chi connectivity index (χ0v) is 14.3. The molecule has 6 heteroatoms. The lowest BCUT2D eigenvalue weighted by molar-refractivity contribution is 0.354. The van der Waals surface area contributed by atoms with Gasteiger partial charge in [0.1, 0.15) is 0 Å². The first kappa shape index (κ1) is 15.9. The number of benzene rings is 1. The summed E-state index contributed by atoms with van der Waals surface area (Å²) < 4.78 is 11.6. The van der Waals surface area contributed by atoms with Crippen LogP contribution < -0.4 is 20.1 Å². The number of aliphatic imine (C=N–C) groups is 1. The first-order valence-electron chi connectivity index (χ1n) is 7.02. The summed E-state index contributed by atoms with van der Waals surface area (Å²) in [6, 6.07) is 3.88. The number of halogens is 1. The van der Waals surface area contributed by atoms with Crippen molar-refractivity contribution >= 4 is 21.9 Å². The minimum atomic E-state index is 0.658. The normalized spacial score (nSPS) is 14.8. The first-order valence-corrected chi connectivity index (χ1v) is 7.82. The molecule has 1 aliphatic carbocycles. The van der Waals surface area contributed by atoms with Crippen molar-refractivity contribution in [2.75, 3.05) is 27.8 Å². The molecule has 1 aliphatic rings. The second-order valence-electron chi connectivity index (χ2n) is 5.05. The highest BCUT2D eigenvalue weighted by Crippen LogP contribution is 2.33. The topological polar surface area (TPSA) is 54.9 Å². The van der Waals surface area contributed by atoms with Crippen molar-refractivity contribution in [3.63, 3.8) is 0 Å². The summed E-state index contributed by atoms with van der Waals surface area (Å²) in [5.74, 6) is 3.07. The van der Waals surface area contributed by atoms with E-state index < -0.39 is 0 Å². The van der Waals surface area contributed by atoms with Crippen LogP contribution >= 0.6 is 15.9 Å². The van der Waals surface area contributed by atoms with E-state index >= 15 is 0 Å². The van der Waals surface area contributed by atoms with Crippen molar-refractivity contribution in [3.05, 3.63) is 22.2 Å². The molecule has 0 unspecified atom stereocenters. The highest BCUT2D eigenvalue weighted by Gasteiger charge is 2.21. The van der Waals surface area contributed by atoms with E-state index in [1.165, 1.54) is 12.8 Å². The largest absolute Gasteiger partial charge is 0.493 e. The lowest BCUT2D eigenvalue weighted by Crippen LogP contribution is -2.37. The van der Waals surface area contributed by atoms with Crippen LogP contribution in [0.1, 0.15) is 18.4 Å². The van der Waals surface area contributed by atoms with Crippen LogP contribution in [-0.4, -0.2) is 33.8 Å². The Bertz CT molecular complexity index is 516. The number of rotatable bonds is 6. The fourth-order valence-corrected chi connectivity index (χ4v) is 2.46. The summed E-state index contributed by atoms with van der Waals surface area (Å²) in [6.07, 6.45) is 2.65. The molecule has 0 aromatic heterocycles. The molecule has 0 atom stereocenters. The van der Waals surface area contributed by atoms with Gasteiger partial charge in [-0.3, -0.25) is 4.99 Å². The Kier molecular flexibility index (Phi) is 5.73. The zero-order valence-electron chi connectivity index (χ0n) is 12.7. The smallest absolute Gasteiger partial charge is 0.191 e. The molecule has 0 saturated heterocycles. The van der Waals surface area contributed by atoms with E-state index in [2.05, 4.69) is 31.6 Å². The third-order valence-corrected chi connectivity index (χ3v) is 4.22. The quantitative estimate of drug-likeness (QED) is 0.608. The van der Waals surface area contributed by atoms with Gasteiger partial charge in [0.15, 0.2) is 17.5 Å². The van der Waals surface area contributed by atoms with Crippen molar-refractivity contribution < 1.29 is 9.47 Å². The molecule has 1 saturated carbocycles. The van der Waals surface area contributed by atoms with Gasteiger partial charge in [-0.05, 0) is 36.5 Å². The summed E-state index contributed by atoms with van der Waals surface area (Å²) >= 11 is 3.56. The predicted octanol–water partition coefficient (Wildman–Crippen LogP) is 2.54. The fourth-order valence-electron chi connectivity index (χ4n) is 1.99. The highest BCUT2D eigenvalue weighted by molar-refractivity contribution is 9.10. The van der Waals surface area contributed by atoms with Gasteiger partial charge in [-0.25, -0.2) is 0 Å². The van der Waals surface area contributed by atoms with E-state index in [0.717, 1.165) is 34.2 Å². The summed E-state index contributed by atoms with van der Waals surface area (Å²) in [5.41, 5.74) is 1.09. The van der Waals surface area contributed by atoms with Crippen LogP contribution in [0.2, 0.25) is 0 Å². The second-order valence-corrected chi connectivity index (χ2v) is 5.90. The van der Waals surface area contributed by atoms with Gasteiger partial charge in [-0.2, -0.15) is 0 Å². The average molecular weight is 356 g/mol. The molecular formula is C15H22BrN3O2. The van der Waals surface area contributed by atoms with E-state index in [0.29, 0.717) is 12.3 Å². The van der Waals surface area contributed by atoms with Crippen LogP contribution in [0.25, 0.3) is 0 Å². The molecule has 0 heterocycles.